The quantitative estimate of drug-likeness (QED) is 0.897. The Balaban J connectivity index is 1.73. The third-order valence-corrected chi connectivity index (χ3v) is 5.52. The highest BCUT2D eigenvalue weighted by Gasteiger charge is 2.47. The molecule has 1 heterocycles. The first kappa shape index (κ1) is 16.7. The fraction of sp³-hybridized carbons (Fsp3) is 0.353. The molecule has 0 saturated heterocycles. The summed E-state index contributed by atoms with van der Waals surface area (Å²) in [6.45, 7) is 1.87. The smallest absolute Gasteiger partial charge is 0.238 e. The Hall–Kier alpha value is -2.12. The fourth-order valence-electron chi connectivity index (χ4n) is 2.91. The van der Waals surface area contributed by atoms with Crippen LogP contribution in [0.2, 0.25) is 0 Å². The number of hydrogen-bond donors (Lipinski definition) is 1. The maximum absolute atomic E-state index is 12.6. The molecule has 1 aliphatic carbocycles. The molecule has 24 heavy (non-hydrogen) atoms. The lowest BCUT2D eigenvalue weighted by molar-refractivity contribution is -0.133. The number of carbonyl (C=O) groups is 1. The summed E-state index contributed by atoms with van der Waals surface area (Å²) in [5.41, 5.74) is 0.729. The van der Waals surface area contributed by atoms with Crippen LogP contribution >= 0.6 is 0 Å². The van der Waals surface area contributed by atoms with Crippen molar-refractivity contribution in [2.24, 2.45) is 11.1 Å². The van der Waals surface area contributed by atoms with E-state index in [1.54, 1.807) is 30.3 Å². The van der Waals surface area contributed by atoms with Crippen LogP contribution < -0.4 is 5.14 Å². The van der Waals surface area contributed by atoms with E-state index in [-0.39, 0.29) is 28.7 Å². The van der Waals surface area contributed by atoms with Crippen LogP contribution in [0.1, 0.15) is 36.6 Å². The zero-order chi connectivity index (χ0) is 17.5. The van der Waals surface area contributed by atoms with Gasteiger partial charge in [0.05, 0.1) is 17.2 Å². The maximum atomic E-state index is 12.6. The summed E-state index contributed by atoms with van der Waals surface area (Å²) in [6, 6.07) is 9.84. The van der Waals surface area contributed by atoms with Crippen LogP contribution in [0.4, 0.5) is 0 Å². The van der Waals surface area contributed by atoms with Gasteiger partial charge in [-0.1, -0.05) is 12.1 Å². The molecule has 1 aromatic carbocycles. The molecule has 3 unspecified atom stereocenters. The molecule has 3 atom stereocenters. The van der Waals surface area contributed by atoms with E-state index < -0.39 is 10.0 Å². The van der Waals surface area contributed by atoms with Gasteiger partial charge in [-0.15, -0.1) is 0 Å². The second kappa shape index (κ2) is 6.07. The molecule has 2 aromatic rings. The van der Waals surface area contributed by atoms with Crippen molar-refractivity contribution in [1.82, 2.24) is 4.90 Å². The number of nitrogens with two attached hydrogens (primary N) is 1. The Morgan fingerprint density at radius 2 is 2.08 bits per heavy atom. The third-order valence-electron chi connectivity index (χ3n) is 4.61. The highest BCUT2D eigenvalue weighted by Crippen LogP contribution is 2.49. The van der Waals surface area contributed by atoms with Gasteiger partial charge in [0.15, 0.2) is 0 Å². The van der Waals surface area contributed by atoms with Crippen molar-refractivity contribution in [3.8, 4) is 0 Å². The molecule has 128 valence electrons. The van der Waals surface area contributed by atoms with Gasteiger partial charge in [0.1, 0.15) is 5.76 Å². The zero-order valence-electron chi connectivity index (χ0n) is 13.5. The second-order valence-electron chi connectivity index (χ2n) is 6.21. The van der Waals surface area contributed by atoms with Crippen molar-refractivity contribution >= 4 is 15.9 Å². The van der Waals surface area contributed by atoms with Crippen molar-refractivity contribution in [1.29, 1.82) is 0 Å². The average molecular weight is 348 g/mol. The minimum absolute atomic E-state index is 0.0323. The highest BCUT2D eigenvalue weighted by atomic mass is 32.2. The Labute approximate surface area is 141 Å². The lowest BCUT2D eigenvalue weighted by Gasteiger charge is -2.26. The van der Waals surface area contributed by atoms with Gasteiger partial charge in [0, 0.05) is 18.9 Å². The number of nitrogens with zero attached hydrogens (tertiary/aromatic N) is 1. The van der Waals surface area contributed by atoms with Gasteiger partial charge >= 0.3 is 0 Å². The average Bonchev–Trinajstić information content (AvgIpc) is 3.17. The SMILES string of the molecule is CC(c1cccc(S(N)(=O)=O)c1)N(C)C(=O)C1CC1c1ccco1. The van der Waals surface area contributed by atoms with E-state index in [0.717, 1.165) is 17.7 Å². The molecule has 0 radical (unpaired) electrons. The van der Waals surface area contributed by atoms with E-state index >= 15 is 0 Å². The van der Waals surface area contributed by atoms with E-state index in [1.165, 1.54) is 12.1 Å². The Morgan fingerprint density at radius 1 is 1.33 bits per heavy atom. The lowest BCUT2D eigenvalue weighted by Crippen LogP contribution is -2.31. The molecule has 1 fully saturated rings. The molecular weight excluding hydrogens is 328 g/mol. The maximum Gasteiger partial charge on any atom is 0.238 e. The van der Waals surface area contributed by atoms with Crippen molar-refractivity contribution in [3.63, 3.8) is 0 Å². The molecule has 3 rings (SSSR count). The van der Waals surface area contributed by atoms with E-state index in [9.17, 15) is 13.2 Å². The summed E-state index contributed by atoms with van der Waals surface area (Å²) in [5, 5.41) is 5.17. The minimum atomic E-state index is -3.76. The van der Waals surface area contributed by atoms with Gasteiger partial charge in [-0.05, 0) is 43.2 Å². The van der Waals surface area contributed by atoms with E-state index in [2.05, 4.69) is 0 Å². The van der Waals surface area contributed by atoms with Crippen LogP contribution in [0.25, 0.3) is 0 Å². The van der Waals surface area contributed by atoms with Crippen molar-refractivity contribution < 1.29 is 17.6 Å². The first-order valence-corrected chi connectivity index (χ1v) is 9.26. The minimum Gasteiger partial charge on any atom is -0.469 e. The number of benzene rings is 1. The number of carbonyl (C=O) groups excluding carboxylic acids is 1. The van der Waals surface area contributed by atoms with Gasteiger partial charge < -0.3 is 9.32 Å². The summed E-state index contributed by atoms with van der Waals surface area (Å²) < 4.78 is 28.3. The van der Waals surface area contributed by atoms with Gasteiger partial charge in [0.2, 0.25) is 15.9 Å². The number of rotatable bonds is 5. The number of sulfonamides is 1. The second-order valence-corrected chi connectivity index (χ2v) is 7.77. The molecule has 0 aliphatic heterocycles. The fourth-order valence-corrected chi connectivity index (χ4v) is 3.48. The standard InChI is InChI=1S/C17H20N2O4S/c1-11(12-5-3-6-13(9-12)24(18,21)22)19(2)17(20)15-10-14(15)16-7-4-8-23-16/h3-9,11,14-15H,10H2,1-2H3,(H2,18,21,22). The third kappa shape index (κ3) is 3.22. The van der Waals surface area contributed by atoms with Crippen LogP contribution in [0.5, 0.6) is 0 Å². The van der Waals surface area contributed by atoms with Crippen molar-refractivity contribution in [2.75, 3.05) is 7.05 Å². The molecule has 0 bridgehead atoms. The summed E-state index contributed by atoms with van der Waals surface area (Å²) in [7, 11) is -2.03. The highest BCUT2D eigenvalue weighted by molar-refractivity contribution is 7.89. The molecule has 6 nitrogen and oxygen atoms in total. The number of hydrogen-bond acceptors (Lipinski definition) is 4. The molecule has 7 heteroatoms. The molecule has 2 N–H and O–H groups in total. The predicted molar refractivity (Wildman–Crippen MR) is 88.6 cm³/mol. The molecule has 0 spiro atoms. The normalized spacial score (nSPS) is 21.3. The first-order valence-electron chi connectivity index (χ1n) is 7.72. The Bertz CT molecular complexity index is 845. The largest absolute Gasteiger partial charge is 0.469 e. The van der Waals surface area contributed by atoms with Crippen LogP contribution in [0.3, 0.4) is 0 Å². The van der Waals surface area contributed by atoms with Crippen LogP contribution in [0.15, 0.2) is 52.0 Å². The number of amides is 1. The summed E-state index contributed by atoms with van der Waals surface area (Å²) in [5.74, 6) is 0.929. The van der Waals surface area contributed by atoms with Gasteiger partial charge in [-0.3, -0.25) is 4.79 Å². The summed E-state index contributed by atoms with van der Waals surface area (Å²) in [6.07, 6.45) is 2.39. The van der Waals surface area contributed by atoms with E-state index in [4.69, 9.17) is 9.56 Å². The van der Waals surface area contributed by atoms with Gasteiger partial charge in [0.25, 0.3) is 0 Å². The Kier molecular flexibility index (Phi) is 4.23. The number of furan rings is 1. The van der Waals surface area contributed by atoms with Crippen LogP contribution in [-0.4, -0.2) is 26.3 Å². The molecular formula is C17H20N2O4S. The lowest BCUT2D eigenvalue weighted by atomic mass is 10.1. The topological polar surface area (TPSA) is 93.6 Å². The van der Waals surface area contributed by atoms with Crippen molar-refractivity contribution in [3.05, 3.63) is 54.0 Å². The monoisotopic (exact) mass is 348 g/mol. The summed E-state index contributed by atoms with van der Waals surface area (Å²) >= 11 is 0. The molecule has 1 saturated carbocycles. The number of primary sulfonamides is 1. The molecule has 1 amide bonds. The zero-order valence-corrected chi connectivity index (χ0v) is 14.4. The predicted octanol–water partition coefficient (Wildman–Crippen LogP) is 2.25. The van der Waals surface area contributed by atoms with E-state index in [1.807, 2.05) is 19.1 Å². The first-order chi connectivity index (χ1) is 11.3. The van der Waals surface area contributed by atoms with Gasteiger partial charge in [-0.2, -0.15) is 0 Å². The molecule has 1 aliphatic rings. The van der Waals surface area contributed by atoms with Crippen LogP contribution in [0, 0.1) is 5.92 Å². The van der Waals surface area contributed by atoms with E-state index in [0.29, 0.717) is 0 Å². The van der Waals surface area contributed by atoms with Gasteiger partial charge in [-0.25, -0.2) is 13.6 Å². The van der Waals surface area contributed by atoms with Crippen LogP contribution in [-0.2, 0) is 14.8 Å². The van der Waals surface area contributed by atoms with Crippen molar-refractivity contribution in [2.45, 2.75) is 30.2 Å². The molecule has 1 aromatic heterocycles. The summed E-state index contributed by atoms with van der Waals surface area (Å²) in [4.78, 5) is 14.3. The Morgan fingerprint density at radius 3 is 2.71 bits per heavy atom.